The van der Waals surface area contributed by atoms with Gasteiger partial charge < -0.3 is 9.73 Å². The van der Waals surface area contributed by atoms with Gasteiger partial charge in [0.25, 0.3) is 5.89 Å². The van der Waals surface area contributed by atoms with Crippen molar-refractivity contribution in [2.24, 2.45) is 0 Å². The standard InChI is InChI=1S/C11H14N4O/c1-3-12-8(2)10-14-15-11(16-10)9-6-4-5-7-13-9/h4-8,12H,3H2,1-2H3. The summed E-state index contributed by atoms with van der Waals surface area (Å²) >= 11 is 0. The first-order chi connectivity index (χ1) is 7.81. The molecule has 0 saturated carbocycles. The third-order valence-corrected chi connectivity index (χ3v) is 2.21. The highest BCUT2D eigenvalue weighted by Gasteiger charge is 2.14. The summed E-state index contributed by atoms with van der Waals surface area (Å²) in [6, 6.07) is 5.65. The summed E-state index contributed by atoms with van der Waals surface area (Å²) in [6.45, 7) is 4.88. The van der Waals surface area contributed by atoms with Crippen LogP contribution in [-0.4, -0.2) is 21.7 Å². The summed E-state index contributed by atoms with van der Waals surface area (Å²) < 4.78 is 5.54. The second kappa shape index (κ2) is 4.85. The van der Waals surface area contributed by atoms with Crippen molar-refractivity contribution in [3.05, 3.63) is 30.3 Å². The third-order valence-electron chi connectivity index (χ3n) is 2.21. The van der Waals surface area contributed by atoms with Crippen LogP contribution in [0.4, 0.5) is 0 Å². The predicted molar refractivity (Wildman–Crippen MR) is 59.6 cm³/mol. The molecule has 0 amide bonds. The zero-order chi connectivity index (χ0) is 11.4. The molecule has 1 atom stereocenters. The maximum Gasteiger partial charge on any atom is 0.266 e. The largest absolute Gasteiger partial charge is 0.418 e. The van der Waals surface area contributed by atoms with Crippen LogP contribution in [0.5, 0.6) is 0 Å². The molecule has 5 heteroatoms. The second-order valence-electron chi connectivity index (χ2n) is 3.44. The lowest BCUT2D eigenvalue weighted by molar-refractivity contribution is 0.428. The van der Waals surface area contributed by atoms with Crippen molar-refractivity contribution >= 4 is 0 Å². The van der Waals surface area contributed by atoms with Crippen molar-refractivity contribution in [2.75, 3.05) is 6.54 Å². The smallest absolute Gasteiger partial charge is 0.266 e. The highest BCUT2D eigenvalue weighted by atomic mass is 16.4. The minimum absolute atomic E-state index is 0.0648. The van der Waals surface area contributed by atoms with Crippen molar-refractivity contribution in [1.29, 1.82) is 0 Å². The molecule has 0 spiro atoms. The molecule has 1 unspecified atom stereocenters. The number of nitrogens with one attached hydrogen (secondary N) is 1. The van der Waals surface area contributed by atoms with Gasteiger partial charge in [0, 0.05) is 6.20 Å². The molecule has 0 aliphatic carbocycles. The van der Waals surface area contributed by atoms with Crippen LogP contribution in [0.2, 0.25) is 0 Å². The molecular formula is C11H14N4O. The van der Waals surface area contributed by atoms with Crippen LogP contribution in [0.3, 0.4) is 0 Å². The second-order valence-corrected chi connectivity index (χ2v) is 3.44. The van der Waals surface area contributed by atoms with E-state index in [0.717, 1.165) is 6.54 Å². The van der Waals surface area contributed by atoms with Gasteiger partial charge >= 0.3 is 0 Å². The highest BCUT2D eigenvalue weighted by Crippen LogP contribution is 2.17. The van der Waals surface area contributed by atoms with Crippen molar-refractivity contribution in [1.82, 2.24) is 20.5 Å². The SMILES string of the molecule is CCNC(C)c1nnc(-c2ccccn2)o1. The average molecular weight is 218 g/mol. The molecule has 0 fully saturated rings. The maximum absolute atomic E-state index is 5.54. The Kier molecular flexibility index (Phi) is 3.26. The summed E-state index contributed by atoms with van der Waals surface area (Å²) in [6.07, 6.45) is 1.70. The minimum atomic E-state index is 0.0648. The number of hydrogen-bond donors (Lipinski definition) is 1. The Labute approximate surface area is 93.9 Å². The molecule has 5 nitrogen and oxygen atoms in total. The van der Waals surface area contributed by atoms with Crippen molar-refractivity contribution < 1.29 is 4.42 Å². The Bertz CT molecular complexity index is 440. The molecule has 84 valence electrons. The molecular weight excluding hydrogens is 204 g/mol. The maximum atomic E-state index is 5.54. The number of pyridine rings is 1. The lowest BCUT2D eigenvalue weighted by Gasteiger charge is -2.05. The van der Waals surface area contributed by atoms with Crippen LogP contribution in [0.1, 0.15) is 25.8 Å². The van der Waals surface area contributed by atoms with Crippen LogP contribution in [-0.2, 0) is 0 Å². The van der Waals surface area contributed by atoms with Gasteiger partial charge in [0.1, 0.15) is 5.69 Å². The fraction of sp³-hybridized carbons (Fsp3) is 0.364. The van der Waals surface area contributed by atoms with Crippen LogP contribution >= 0.6 is 0 Å². The molecule has 0 saturated heterocycles. The monoisotopic (exact) mass is 218 g/mol. The number of aromatic nitrogens is 3. The molecule has 0 radical (unpaired) electrons. The van der Waals surface area contributed by atoms with Crippen molar-refractivity contribution in [2.45, 2.75) is 19.9 Å². The average Bonchev–Trinajstić information content (AvgIpc) is 2.80. The summed E-state index contributed by atoms with van der Waals surface area (Å²) in [5, 5.41) is 11.2. The van der Waals surface area contributed by atoms with E-state index in [9.17, 15) is 0 Å². The highest BCUT2D eigenvalue weighted by molar-refractivity contribution is 5.44. The molecule has 1 N–H and O–H groups in total. The molecule has 2 heterocycles. The summed E-state index contributed by atoms with van der Waals surface area (Å²) in [5.74, 6) is 1.04. The van der Waals surface area contributed by atoms with Gasteiger partial charge in [-0.25, -0.2) is 0 Å². The van der Waals surface area contributed by atoms with E-state index in [0.29, 0.717) is 17.5 Å². The zero-order valence-electron chi connectivity index (χ0n) is 9.34. The van der Waals surface area contributed by atoms with Gasteiger partial charge in [-0.05, 0) is 25.6 Å². The first-order valence-electron chi connectivity index (χ1n) is 5.29. The molecule has 0 aromatic carbocycles. The molecule has 0 aliphatic rings. The van der Waals surface area contributed by atoms with Crippen LogP contribution in [0.25, 0.3) is 11.6 Å². The lowest BCUT2D eigenvalue weighted by atomic mass is 10.3. The first kappa shape index (κ1) is 10.8. The van der Waals surface area contributed by atoms with Crippen LogP contribution in [0.15, 0.2) is 28.8 Å². The van der Waals surface area contributed by atoms with Gasteiger partial charge in [-0.2, -0.15) is 0 Å². The molecule has 0 bridgehead atoms. The van der Waals surface area contributed by atoms with Crippen LogP contribution < -0.4 is 5.32 Å². The van der Waals surface area contributed by atoms with E-state index in [-0.39, 0.29) is 6.04 Å². The molecule has 16 heavy (non-hydrogen) atoms. The summed E-state index contributed by atoms with van der Waals surface area (Å²) in [4.78, 5) is 4.15. The Morgan fingerprint density at radius 2 is 2.25 bits per heavy atom. The Hall–Kier alpha value is -1.75. The van der Waals surface area contributed by atoms with Gasteiger partial charge in [-0.15, -0.1) is 10.2 Å². The van der Waals surface area contributed by atoms with E-state index >= 15 is 0 Å². The van der Waals surface area contributed by atoms with Gasteiger partial charge in [0.05, 0.1) is 6.04 Å². The fourth-order valence-electron chi connectivity index (χ4n) is 1.40. The van der Waals surface area contributed by atoms with Crippen molar-refractivity contribution in [3.63, 3.8) is 0 Å². The zero-order valence-corrected chi connectivity index (χ0v) is 9.34. The quantitative estimate of drug-likeness (QED) is 0.847. The lowest BCUT2D eigenvalue weighted by Crippen LogP contribution is -2.17. The Morgan fingerprint density at radius 1 is 1.38 bits per heavy atom. The first-order valence-corrected chi connectivity index (χ1v) is 5.29. The number of rotatable bonds is 4. The van der Waals surface area contributed by atoms with E-state index in [2.05, 4.69) is 20.5 Å². The van der Waals surface area contributed by atoms with E-state index in [4.69, 9.17) is 4.42 Å². The third kappa shape index (κ3) is 2.25. The van der Waals surface area contributed by atoms with Gasteiger partial charge in [-0.1, -0.05) is 13.0 Å². The predicted octanol–water partition coefficient (Wildman–Crippen LogP) is 1.80. The number of hydrogen-bond acceptors (Lipinski definition) is 5. The number of nitrogens with zero attached hydrogens (tertiary/aromatic N) is 3. The molecule has 2 aromatic heterocycles. The normalized spacial score (nSPS) is 12.6. The summed E-state index contributed by atoms with van der Waals surface area (Å²) in [7, 11) is 0. The van der Waals surface area contributed by atoms with E-state index in [1.807, 2.05) is 32.0 Å². The van der Waals surface area contributed by atoms with Gasteiger partial charge in [0.2, 0.25) is 5.89 Å². The molecule has 0 aliphatic heterocycles. The Balaban J connectivity index is 2.20. The van der Waals surface area contributed by atoms with Crippen molar-refractivity contribution in [3.8, 4) is 11.6 Å². The van der Waals surface area contributed by atoms with Gasteiger partial charge in [0.15, 0.2) is 0 Å². The van der Waals surface area contributed by atoms with E-state index < -0.39 is 0 Å². The molecule has 2 aromatic rings. The summed E-state index contributed by atoms with van der Waals surface area (Å²) in [5.41, 5.74) is 0.699. The van der Waals surface area contributed by atoms with E-state index in [1.54, 1.807) is 6.20 Å². The molecule has 2 rings (SSSR count). The minimum Gasteiger partial charge on any atom is -0.418 e. The Morgan fingerprint density at radius 3 is 2.94 bits per heavy atom. The van der Waals surface area contributed by atoms with E-state index in [1.165, 1.54) is 0 Å². The van der Waals surface area contributed by atoms with Crippen LogP contribution in [0, 0.1) is 0 Å². The fourth-order valence-corrected chi connectivity index (χ4v) is 1.40. The van der Waals surface area contributed by atoms with Gasteiger partial charge in [-0.3, -0.25) is 4.98 Å². The topological polar surface area (TPSA) is 63.8 Å².